The highest BCUT2D eigenvalue weighted by Crippen LogP contribution is 2.24. The number of aliphatic carboxylic acids is 1. The molecule has 1 aromatic carbocycles. The molecule has 0 fully saturated rings. The number of hydrogen-bond acceptors (Lipinski definition) is 3. The molecular weight excluding hydrogens is 301 g/mol. The van der Waals surface area contributed by atoms with Crippen molar-refractivity contribution in [2.24, 2.45) is 0 Å². The van der Waals surface area contributed by atoms with E-state index in [4.69, 9.17) is 9.52 Å². The van der Waals surface area contributed by atoms with Crippen LogP contribution in [0.2, 0.25) is 0 Å². The van der Waals surface area contributed by atoms with Gasteiger partial charge in [0.05, 0.1) is 5.56 Å². The third-order valence-corrected chi connectivity index (χ3v) is 3.32. The Bertz CT molecular complexity index is 681. The second-order valence-corrected chi connectivity index (χ2v) is 5.10. The SMILES string of the molecule is O=C(O)CCCCCNC(=O)c1ccc(-c2ccccc2F)o1. The molecule has 0 aliphatic heterocycles. The van der Waals surface area contributed by atoms with Gasteiger partial charge in [-0.2, -0.15) is 0 Å². The van der Waals surface area contributed by atoms with Crippen molar-refractivity contribution in [1.82, 2.24) is 5.32 Å². The molecule has 0 aliphatic rings. The molecule has 2 aromatic rings. The van der Waals surface area contributed by atoms with E-state index in [9.17, 15) is 14.0 Å². The first-order valence-corrected chi connectivity index (χ1v) is 7.42. The quantitative estimate of drug-likeness (QED) is 0.730. The van der Waals surface area contributed by atoms with Crippen molar-refractivity contribution in [3.63, 3.8) is 0 Å². The van der Waals surface area contributed by atoms with Crippen molar-refractivity contribution in [1.29, 1.82) is 0 Å². The molecule has 2 N–H and O–H groups in total. The van der Waals surface area contributed by atoms with Gasteiger partial charge in [0.25, 0.3) is 5.91 Å². The van der Waals surface area contributed by atoms with Crippen LogP contribution in [0, 0.1) is 5.82 Å². The average molecular weight is 319 g/mol. The second kappa shape index (κ2) is 8.12. The van der Waals surface area contributed by atoms with Gasteiger partial charge < -0.3 is 14.8 Å². The summed E-state index contributed by atoms with van der Waals surface area (Å²) in [5.74, 6) is -1.17. The van der Waals surface area contributed by atoms with Crippen LogP contribution in [0.15, 0.2) is 40.8 Å². The Morgan fingerprint density at radius 3 is 2.61 bits per heavy atom. The summed E-state index contributed by atoms with van der Waals surface area (Å²) in [5, 5.41) is 11.2. The summed E-state index contributed by atoms with van der Waals surface area (Å²) in [6, 6.07) is 9.24. The number of hydrogen-bond donors (Lipinski definition) is 2. The summed E-state index contributed by atoms with van der Waals surface area (Å²) in [7, 11) is 0. The molecule has 5 nitrogen and oxygen atoms in total. The Labute approximate surface area is 133 Å². The number of furan rings is 1. The van der Waals surface area contributed by atoms with Crippen molar-refractivity contribution in [3.05, 3.63) is 48.0 Å². The van der Waals surface area contributed by atoms with Gasteiger partial charge in [-0.1, -0.05) is 18.6 Å². The van der Waals surface area contributed by atoms with E-state index in [1.807, 2.05) is 0 Å². The molecule has 23 heavy (non-hydrogen) atoms. The molecule has 0 spiro atoms. The first-order chi connectivity index (χ1) is 11.1. The molecule has 1 aromatic heterocycles. The first kappa shape index (κ1) is 16.7. The lowest BCUT2D eigenvalue weighted by Crippen LogP contribution is -2.23. The highest BCUT2D eigenvalue weighted by molar-refractivity contribution is 5.92. The number of rotatable bonds is 8. The topological polar surface area (TPSA) is 79.5 Å². The van der Waals surface area contributed by atoms with Gasteiger partial charge in [0.1, 0.15) is 11.6 Å². The zero-order valence-electron chi connectivity index (χ0n) is 12.5. The lowest BCUT2D eigenvalue weighted by Gasteiger charge is -2.03. The number of carboxylic acids is 1. The van der Waals surface area contributed by atoms with Crippen molar-refractivity contribution in [3.8, 4) is 11.3 Å². The number of carboxylic acid groups (broad SMARTS) is 1. The molecule has 0 unspecified atom stereocenters. The number of carbonyl (C=O) groups is 2. The predicted octanol–water partition coefficient (Wildman–Crippen LogP) is 3.46. The summed E-state index contributed by atoms with van der Waals surface area (Å²) in [6.07, 6.45) is 2.15. The van der Waals surface area contributed by atoms with Crippen LogP contribution in [0.4, 0.5) is 4.39 Å². The molecule has 0 atom stereocenters. The lowest BCUT2D eigenvalue weighted by molar-refractivity contribution is -0.137. The summed E-state index contributed by atoms with van der Waals surface area (Å²) in [5.41, 5.74) is 0.306. The van der Waals surface area contributed by atoms with E-state index in [0.717, 1.165) is 6.42 Å². The summed E-state index contributed by atoms with van der Waals surface area (Å²) >= 11 is 0. The van der Waals surface area contributed by atoms with Crippen LogP contribution in [0.3, 0.4) is 0 Å². The van der Waals surface area contributed by atoms with Gasteiger partial charge in [-0.05, 0) is 37.1 Å². The van der Waals surface area contributed by atoms with E-state index in [1.165, 1.54) is 12.1 Å². The molecule has 0 aliphatic carbocycles. The van der Waals surface area contributed by atoms with Gasteiger partial charge in [-0.25, -0.2) is 4.39 Å². The summed E-state index contributed by atoms with van der Waals surface area (Å²) in [6.45, 7) is 0.439. The third-order valence-electron chi connectivity index (χ3n) is 3.32. The zero-order chi connectivity index (χ0) is 16.7. The number of unbranched alkanes of at least 4 members (excludes halogenated alkanes) is 2. The van der Waals surface area contributed by atoms with Crippen LogP contribution in [0.5, 0.6) is 0 Å². The van der Waals surface area contributed by atoms with Crippen LogP contribution in [-0.4, -0.2) is 23.5 Å². The maximum atomic E-state index is 13.7. The van der Waals surface area contributed by atoms with Crippen molar-refractivity contribution < 1.29 is 23.5 Å². The van der Waals surface area contributed by atoms with Crippen LogP contribution >= 0.6 is 0 Å². The van der Waals surface area contributed by atoms with E-state index < -0.39 is 11.8 Å². The number of carbonyl (C=O) groups excluding carboxylic acids is 1. The minimum atomic E-state index is -0.815. The van der Waals surface area contributed by atoms with Gasteiger partial charge in [0, 0.05) is 13.0 Å². The molecule has 2 rings (SSSR count). The normalized spacial score (nSPS) is 10.5. The largest absolute Gasteiger partial charge is 0.481 e. The van der Waals surface area contributed by atoms with Gasteiger partial charge in [0.2, 0.25) is 0 Å². The predicted molar refractivity (Wildman–Crippen MR) is 82.5 cm³/mol. The van der Waals surface area contributed by atoms with Gasteiger partial charge in [-0.3, -0.25) is 9.59 Å². The number of amides is 1. The van der Waals surface area contributed by atoms with E-state index in [2.05, 4.69) is 5.32 Å². The Kier molecular flexibility index (Phi) is 5.91. The average Bonchev–Trinajstić information content (AvgIpc) is 3.00. The van der Waals surface area contributed by atoms with Crippen molar-refractivity contribution in [2.45, 2.75) is 25.7 Å². The van der Waals surface area contributed by atoms with Gasteiger partial charge in [-0.15, -0.1) is 0 Å². The smallest absolute Gasteiger partial charge is 0.303 e. The molecule has 0 saturated heterocycles. The number of benzene rings is 1. The standard InChI is InChI=1S/C17H18FNO4/c18-13-7-4-3-6-12(13)14-9-10-15(23-14)17(22)19-11-5-1-2-8-16(20)21/h3-4,6-7,9-10H,1-2,5,8,11H2,(H,19,22)(H,20,21). The zero-order valence-corrected chi connectivity index (χ0v) is 12.5. The Morgan fingerprint density at radius 2 is 1.87 bits per heavy atom. The van der Waals surface area contributed by atoms with Gasteiger partial charge >= 0.3 is 5.97 Å². The fourth-order valence-corrected chi connectivity index (χ4v) is 2.13. The first-order valence-electron chi connectivity index (χ1n) is 7.42. The summed E-state index contributed by atoms with van der Waals surface area (Å²) in [4.78, 5) is 22.3. The lowest BCUT2D eigenvalue weighted by atomic mass is 10.1. The third kappa shape index (κ3) is 4.95. The van der Waals surface area contributed by atoms with Crippen LogP contribution in [-0.2, 0) is 4.79 Å². The molecule has 0 radical (unpaired) electrons. The molecule has 1 heterocycles. The van der Waals surface area contributed by atoms with E-state index in [1.54, 1.807) is 24.3 Å². The fraction of sp³-hybridized carbons (Fsp3) is 0.294. The van der Waals surface area contributed by atoms with Crippen LogP contribution in [0.25, 0.3) is 11.3 Å². The Hall–Kier alpha value is -2.63. The molecule has 122 valence electrons. The number of nitrogens with one attached hydrogen (secondary N) is 1. The minimum absolute atomic E-state index is 0.119. The molecular formula is C17H18FNO4. The maximum Gasteiger partial charge on any atom is 0.303 e. The number of halogens is 1. The highest BCUT2D eigenvalue weighted by Gasteiger charge is 2.13. The molecule has 0 bridgehead atoms. The fourth-order valence-electron chi connectivity index (χ4n) is 2.13. The Morgan fingerprint density at radius 1 is 1.09 bits per heavy atom. The highest BCUT2D eigenvalue weighted by atomic mass is 19.1. The Balaban J connectivity index is 1.82. The van der Waals surface area contributed by atoms with E-state index in [0.29, 0.717) is 30.7 Å². The van der Waals surface area contributed by atoms with E-state index >= 15 is 0 Å². The van der Waals surface area contributed by atoms with E-state index in [-0.39, 0.29) is 18.1 Å². The molecule has 6 heteroatoms. The van der Waals surface area contributed by atoms with Crippen LogP contribution in [0.1, 0.15) is 36.2 Å². The molecule has 1 amide bonds. The monoisotopic (exact) mass is 319 g/mol. The van der Waals surface area contributed by atoms with Crippen molar-refractivity contribution in [2.75, 3.05) is 6.54 Å². The second-order valence-electron chi connectivity index (χ2n) is 5.10. The van der Waals surface area contributed by atoms with Gasteiger partial charge in [0.15, 0.2) is 5.76 Å². The maximum absolute atomic E-state index is 13.7. The minimum Gasteiger partial charge on any atom is -0.481 e. The molecule has 0 saturated carbocycles. The van der Waals surface area contributed by atoms with Crippen molar-refractivity contribution >= 4 is 11.9 Å². The summed E-state index contributed by atoms with van der Waals surface area (Å²) < 4.78 is 19.1. The van der Waals surface area contributed by atoms with Crippen LogP contribution < -0.4 is 5.32 Å².